The van der Waals surface area contributed by atoms with Gasteiger partial charge < -0.3 is 10.2 Å². The highest BCUT2D eigenvalue weighted by Crippen LogP contribution is 2.11. The normalized spacial score (nSPS) is 16.4. The van der Waals surface area contributed by atoms with Crippen LogP contribution >= 0.6 is 0 Å². The number of nitrogens with zero attached hydrogens (tertiary/aromatic N) is 2. The second-order valence-electron chi connectivity index (χ2n) is 7.58. The third-order valence-corrected chi connectivity index (χ3v) is 4.12. The fourth-order valence-electron chi connectivity index (χ4n) is 2.96. The van der Waals surface area contributed by atoms with E-state index in [-0.39, 0.29) is 29.6 Å². The lowest BCUT2D eigenvalue weighted by Crippen LogP contribution is -2.46. The van der Waals surface area contributed by atoms with E-state index in [4.69, 9.17) is 0 Å². The van der Waals surface area contributed by atoms with Gasteiger partial charge in [0.1, 0.15) is 5.82 Å². The molecule has 1 heterocycles. The number of hydrogen-bond acceptors (Lipinski definition) is 3. The number of nitrogens with one attached hydrogen (secondary N) is 1. The van der Waals surface area contributed by atoms with Crippen molar-refractivity contribution in [3.05, 3.63) is 35.6 Å². The van der Waals surface area contributed by atoms with Crippen molar-refractivity contribution in [2.24, 2.45) is 0 Å². The highest BCUT2D eigenvalue weighted by Gasteiger charge is 2.22. The molecule has 25 heavy (non-hydrogen) atoms. The average molecular weight is 349 g/mol. The van der Waals surface area contributed by atoms with E-state index in [0.717, 1.165) is 13.0 Å². The molecular formula is C19H28FN3O2. The monoisotopic (exact) mass is 349 g/mol. The largest absolute Gasteiger partial charge is 0.350 e. The van der Waals surface area contributed by atoms with Gasteiger partial charge in [-0.05, 0) is 38.8 Å². The van der Waals surface area contributed by atoms with Crippen LogP contribution in [-0.4, -0.2) is 59.9 Å². The first-order valence-electron chi connectivity index (χ1n) is 8.79. The Morgan fingerprint density at radius 1 is 1.12 bits per heavy atom. The van der Waals surface area contributed by atoms with Crippen LogP contribution < -0.4 is 5.32 Å². The highest BCUT2D eigenvalue weighted by atomic mass is 19.1. The number of rotatable bonds is 4. The Morgan fingerprint density at radius 2 is 1.84 bits per heavy atom. The minimum atomic E-state index is -0.342. The summed E-state index contributed by atoms with van der Waals surface area (Å²) in [6.45, 7) is 8.85. The van der Waals surface area contributed by atoms with Gasteiger partial charge in [-0.25, -0.2) is 4.39 Å². The van der Waals surface area contributed by atoms with Gasteiger partial charge in [-0.15, -0.1) is 0 Å². The van der Waals surface area contributed by atoms with E-state index in [2.05, 4.69) is 10.2 Å². The van der Waals surface area contributed by atoms with Gasteiger partial charge in [0.05, 0.1) is 13.0 Å². The smallest absolute Gasteiger partial charge is 0.234 e. The molecule has 6 heteroatoms. The number of carbonyl (C=O) groups excluding carboxylic acids is 2. The Balaban J connectivity index is 1.85. The molecule has 1 aliphatic rings. The average Bonchev–Trinajstić information content (AvgIpc) is 2.73. The maximum absolute atomic E-state index is 13.7. The minimum absolute atomic E-state index is 0.00127. The topological polar surface area (TPSA) is 52.7 Å². The van der Waals surface area contributed by atoms with Crippen LogP contribution in [0.3, 0.4) is 0 Å². The van der Waals surface area contributed by atoms with Crippen molar-refractivity contribution in [1.82, 2.24) is 15.1 Å². The second kappa shape index (κ2) is 8.43. The summed E-state index contributed by atoms with van der Waals surface area (Å²) >= 11 is 0. The van der Waals surface area contributed by atoms with Crippen molar-refractivity contribution in [1.29, 1.82) is 0 Å². The molecule has 2 rings (SSSR count). The summed E-state index contributed by atoms with van der Waals surface area (Å²) in [4.78, 5) is 28.3. The second-order valence-corrected chi connectivity index (χ2v) is 7.58. The van der Waals surface area contributed by atoms with Crippen molar-refractivity contribution in [2.45, 2.75) is 39.2 Å². The molecule has 0 bridgehead atoms. The molecule has 1 aromatic carbocycles. The first-order chi connectivity index (χ1) is 11.7. The molecule has 1 aromatic rings. The molecule has 2 amide bonds. The Morgan fingerprint density at radius 3 is 2.52 bits per heavy atom. The van der Waals surface area contributed by atoms with Crippen LogP contribution in [0.4, 0.5) is 4.39 Å². The molecular weight excluding hydrogens is 321 g/mol. The zero-order valence-electron chi connectivity index (χ0n) is 15.3. The fraction of sp³-hybridized carbons (Fsp3) is 0.579. The van der Waals surface area contributed by atoms with E-state index >= 15 is 0 Å². The molecule has 0 saturated carbocycles. The van der Waals surface area contributed by atoms with Gasteiger partial charge in [-0.2, -0.15) is 0 Å². The SMILES string of the molecule is CC(C)(C)NC(=O)CN1CCCN(C(=O)Cc2ccccc2F)CC1. The zero-order chi connectivity index (χ0) is 18.4. The van der Waals surface area contributed by atoms with E-state index in [1.54, 1.807) is 23.1 Å². The number of benzene rings is 1. The highest BCUT2D eigenvalue weighted by molar-refractivity contribution is 5.79. The standard InChI is InChI=1S/C19H28FN3O2/c1-19(2,3)21-17(24)14-22-9-6-10-23(12-11-22)18(25)13-15-7-4-5-8-16(15)20/h4-5,7-8H,6,9-14H2,1-3H3,(H,21,24). The van der Waals surface area contributed by atoms with Crippen molar-refractivity contribution in [3.63, 3.8) is 0 Å². The summed E-state index contributed by atoms with van der Waals surface area (Å²) in [5.41, 5.74) is 0.184. The molecule has 138 valence electrons. The predicted molar refractivity (Wildman–Crippen MR) is 95.6 cm³/mol. The van der Waals surface area contributed by atoms with Gasteiger partial charge in [-0.3, -0.25) is 14.5 Å². The number of hydrogen-bond donors (Lipinski definition) is 1. The first-order valence-corrected chi connectivity index (χ1v) is 8.79. The molecule has 0 atom stereocenters. The Labute approximate surface area is 149 Å². The summed E-state index contributed by atoms with van der Waals surface area (Å²) in [6, 6.07) is 6.38. The lowest BCUT2D eigenvalue weighted by Gasteiger charge is -2.25. The van der Waals surface area contributed by atoms with E-state index < -0.39 is 0 Å². The molecule has 0 unspecified atom stereocenters. The van der Waals surface area contributed by atoms with E-state index in [0.29, 0.717) is 31.7 Å². The van der Waals surface area contributed by atoms with E-state index in [1.165, 1.54) is 6.07 Å². The Hall–Kier alpha value is -1.95. The van der Waals surface area contributed by atoms with Gasteiger partial charge in [0.15, 0.2) is 0 Å². The van der Waals surface area contributed by atoms with Gasteiger partial charge in [0.2, 0.25) is 11.8 Å². The van der Waals surface area contributed by atoms with E-state index in [1.807, 2.05) is 20.8 Å². The lowest BCUT2D eigenvalue weighted by atomic mass is 10.1. The third-order valence-electron chi connectivity index (χ3n) is 4.12. The Bertz CT molecular complexity index is 613. The predicted octanol–water partition coefficient (Wildman–Crippen LogP) is 1.82. The molecule has 5 nitrogen and oxygen atoms in total. The zero-order valence-corrected chi connectivity index (χ0v) is 15.3. The maximum Gasteiger partial charge on any atom is 0.234 e. The number of amides is 2. The van der Waals surface area contributed by atoms with Crippen molar-refractivity contribution in [2.75, 3.05) is 32.7 Å². The van der Waals surface area contributed by atoms with E-state index in [9.17, 15) is 14.0 Å². The van der Waals surface area contributed by atoms with Crippen molar-refractivity contribution >= 4 is 11.8 Å². The molecule has 1 fully saturated rings. The van der Waals surface area contributed by atoms with Gasteiger partial charge >= 0.3 is 0 Å². The van der Waals surface area contributed by atoms with Crippen LogP contribution in [0.25, 0.3) is 0 Å². The number of carbonyl (C=O) groups is 2. The van der Waals surface area contributed by atoms with Gasteiger partial charge in [0, 0.05) is 31.7 Å². The first kappa shape index (κ1) is 19.4. The minimum Gasteiger partial charge on any atom is -0.350 e. The van der Waals surface area contributed by atoms with Crippen molar-refractivity contribution < 1.29 is 14.0 Å². The molecule has 1 saturated heterocycles. The summed E-state index contributed by atoms with van der Waals surface area (Å²) in [7, 11) is 0. The van der Waals surface area contributed by atoms with Crippen LogP contribution in [0.15, 0.2) is 24.3 Å². The molecule has 0 aliphatic carbocycles. The van der Waals surface area contributed by atoms with Crippen LogP contribution in [0.5, 0.6) is 0 Å². The molecule has 1 aliphatic heterocycles. The summed E-state index contributed by atoms with van der Waals surface area (Å²) < 4.78 is 13.7. The van der Waals surface area contributed by atoms with Crippen molar-refractivity contribution in [3.8, 4) is 0 Å². The van der Waals surface area contributed by atoms with Crippen LogP contribution in [0.2, 0.25) is 0 Å². The summed E-state index contributed by atoms with van der Waals surface area (Å²) in [5.74, 6) is -0.407. The van der Waals surface area contributed by atoms with Crippen LogP contribution in [0.1, 0.15) is 32.8 Å². The van der Waals surface area contributed by atoms with Gasteiger partial charge in [-0.1, -0.05) is 18.2 Å². The van der Waals surface area contributed by atoms with Crippen LogP contribution in [-0.2, 0) is 16.0 Å². The lowest BCUT2D eigenvalue weighted by molar-refractivity contribution is -0.130. The number of halogens is 1. The van der Waals surface area contributed by atoms with Crippen LogP contribution in [0, 0.1) is 5.82 Å². The van der Waals surface area contributed by atoms with Gasteiger partial charge in [0.25, 0.3) is 0 Å². The Kier molecular flexibility index (Phi) is 6.53. The fourth-order valence-corrected chi connectivity index (χ4v) is 2.96. The quantitative estimate of drug-likeness (QED) is 0.902. The molecule has 1 N–H and O–H groups in total. The third kappa shape index (κ3) is 6.46. The molecule has 0 spiro atoms. The summed E-state index contributed by atoms with van der Waals surface area (Å²) in [6.07, 6.45) is 0.892. The summed E-state index contributed by atoms with van der Waals surface area (Å²) in [5, 5.41) is 2.96. The maximum atomic E-state index is 13.7. The molecule has 0 aromatic heterocycles. The molecule has 0 radical (unpaired) electrons.